The fourth-order valence-electron chi connectivity index (χ4n) is 1.50. The van der Waals surface area contributed by atoms with E-state index in [0.717, 1.165) is 16.5 Å². The zero-order valence-corrected chi connectivity index (χ0v) is 8.45. The minimum atomic E-state index is -0.198. The number of alkyl halides is 1. The molecule has 1 aromatic heterocycles. The average Bonchev–Trinajstić information content (AvgIpc) is 2.62. The number of halogens is 1. The summed E-state index contributed by atoms with van der Waals surface area (Å²) in [6.45, 7) is 1.95. The van der Waals surface area contributed by atoms with Gasteiger partial charge in [0.05, 0.1) is 11.7 Å². The molecule has 72 valence electrons. The van der Waals surface area contributed by atoms with Crippen molar-refractivity contribution in [3.8, 4) is 0 Å². The minimum Gasteiger partial charge on any atom is -0.271 e. The molecule has 4 heteroatoms. The van der Waals surface area contributed by atoms with E-state index in [4.69, 9.17) is 11.6 Å². The lowest BCUT2D eigenvalue weighted by molar-refractivity contribution is 0.0930. The van der Waals surface area contributed by atoms with Gasteiger partial charge in [-0.1, -0.05) is 18.2 Å². The molecule has 2 rings (SSSR count). The molecule has 0 fully saturated rings. The number of rotatable bonds is 1. The molecule has 0 aliphatic carbocycles. The summed E-state index contributed by atoms with van der Waals surface area (Å²) in [6.07, 6.45) is 1.67. The van der Waals surface area contributed by atoms with Crippen LogP contribution in [0.25, 0.3) is 10.9 Å². The number of carbonyl (C=O) groups excluding carboxylic acids is 1. The van der Waals surface area contributed by atoms with Crippen LogP contribution in [-0.2, 0) is 0 Å². The van der Waals surface area contributed by atoms with Gasteiger partial charge in [-0.2, -0.15) is 9.78 Å². The van der Waals surface area contributed by atoms with Gasteiger partial charge in [0.1, 0.15) is 5.88 Å². The van der Waals surface area contributed by atoms with E-state index >= 15 is 0 Å². The number of hydrogen-bond acceptors (Lipinski definition) is 2. The van der Waals surface area contributed by atoms with Crippen molar-refractivity contribution in [2.75, 3.05) is 5.88 Å². The Morgan fingerprint density at radius 3 is 3.07 bits per heavy atom. The Kier molecular flexibility index (Phi) is 2.25. The lowest BCUT2D eigenvalue weighted by atomic mass is 10.2. The Balaban J connectivity index is 2.73. The zero-order valence-electron chi connectivity index (χ0n) is 7.70. The summed E-state index contributed by atoms with van der Waals surface area (Å²) >= 11 is 5.49. The van der Waals surface area contributed by atoms with Gasteiger partial charge in [-0.25, -0.2) is 0 Å². The van der Waals surface area contributed by atoms with Gasteiger partial charge >= 0.3 is 0 Å². The summed E-state index contributed by atoms with van der Waals surface area (Å²) in [5.41, 5.74) is 1.87. The quantitative estimate of drug-likeness (QED) is 0.674. The summed E-state index contributed by atoms with van der Waals surface area (Å²) in [5, 5.41) is 4.97. The van der Waals surface area contributed by atoms with Crippen molar-refractivity contribution >= 4 is 28.4 Å². The van der Waals surface area contributed by atoms with Crippen LogP contribution in [0.15, 0.2) is 24.4 Å². The highest BCUT2D eigenvalue weighted by Gasteiger charge is 2.10. The number of hydrogen-bond donors (Lipinski definition) is 0. The Morgan fingerprint density at radius 1 is 1.57 bits per heavy atom. The van der Waals surface area contributed by atoms with Crippen LogP contribution in [0.1, 0.15) is 10.4 Å². The number of fused-ring (bicyclic) bond motifs is 1. The molecule has 2 aromatic rings. The fraction of sp³-hybridized carbons (Fsp3) is 0.200. The molecule has 0 N–H and O–H groups in total. The van der Waals surface area contributed by atoms with Crippen molar-refractivity contribution in [1.29, 1.82) is 0 Å². The van der Waals surface area contributed by atoms with Gasteiger partial charge in [-0.15, -0.1) is 11.6 Å². The Hall–Kier alpha value is -1.35. The van der Waals surface area contributed by atoms with E-state index in [0.29, 0.717) is 0 Å². The Morgan fingerprint density at radius 2 is 2.36 bits per heavy atom. The smallest absolute Gasteiger partial charge is 0.262 e. The number of aryl methyl sites for hydroxylation is 1. The SMILES string of the molecule is Cc1cccc2cnn(C(=O)CCl)c12. The third kappa shape index (κ3) is 1.30. The molecule has 0 amide bonds. The predicted octanol–water partition coefficient (Wildman–Crippen LogP) is 2.22. The van der Waals surface area contributed by atoms with Gasteiger partial charge in [0, 0.05) is 5.39 Å². The van der Waals surface area contributed by atoms with Crippen LogP contribution in [-0.4, -0.2) is 21.6 Å². The minimum absolute atomic E-state index is 0.0505. The maximum absolute atomic E-state index is 11.4. The van der Waals surface area contributed by atoms with E-state index in [1.54, 1.807) is 6.20 Å². The van der Waals surface area contributed by atoms with Crippen molar-refractivity contribution in [2.45, 2.75) is 6.92 Å². The van der Waals surface area contributed by atoms with E-state index in [9.17, 15) is 4.79 Å². The van der Waals surface area contributed by atoms with Crippen molar-refractivity contribution in [3.63, 3.8) is 0 Å². The number of nitrogens with zero attached hydrogens (tertiary/aromatic N) is 2. The number of para-hydroxylation sites is 1. The molecule has 0 radical (unpaired) electrons. The lowest BCUT2D eigenvalue weighted by Crippen LogP contribution is -2.13. The highest BCUT2D eigenvalue weighted by Crippen LogP contribution is 2.17. The van der Waals surface area contributed by atoms with Gasteiger partial charge in [0.2, 0.25) is 0 Å². The monoisotopic (exact) mass is 208 g/mol. The Bertz CT molecular complexity index is 490. The molecule has 0 bridgehead atoms. The second-order valence-corrected chi connectivity index (χ2v) is 3.36. The van der Waals surface area contributed by atoms with Crippen LogP contribution in [0.2, 0.25) is 0 Å². The summed E-state index contributed by atoms with van der Waals surface area (Å²) in [7, 11) is 0. The van der Waals surface area contributed by atoms with Crippen LogP contribution in [0, 0.1) is 6.92 Å². The molecule has 1 aromatic carbocycles. The van der Waals surface area contributed by atoms with E-state index < -0.39 is 0 Å². The van der Waals surface area contributed by atoms with Gasteiger partial charge in [0.15, 0.2) is 0 Å². The molecule has 0 spiro atoms. The molecule has 1 heterocycles. The van der Waals surface area contributed by atoms with Crippen molar-refractivity contribution in [2.24, 2.45) is 0 Å². The largest absolute Gasteiger partial charge is 0.271 e. The Labute approximate surface area is 86.3 Å². The third-order valence-electron chi connectivity index (χ3n) is 2.14. The van der Waals surface area contributed by atoms with Crippen molar-refractivity contribution < 1.29 is 4.79 Å². The molecule has 0 atom stereocenters. The summed E-state index contributed by atoms with van der Waals surface area (Å²) in [4.78, 5) is 11.4. The van der Waals surface area contributed by atoms with Crippen molar-refractivity contribution in [1.82, 2.24) is 9.78 Å². The van der Waals surface area contributed by atoms with E-state index in [1.165, 1.54) is 4.68 Å². The first-order chi connectivity index (χ1) is 6.74. The summed E-state index contributed by atoms with van der Waals surface area (Å²) < 4.78 is 1.36. The van der Waals surface area contributed by atoms with Crippen LogP contribution < -0.4 is 0 Å². The standard InChI is InChI=1S/C10H9ClN2O/c1-7-3-2-4-8-6-12-13(10(7)8)9(14)5-11/h2-4,6H,5H2,1H3. The first-order valence-corrected chi connectivity index (χ1v) is 4.80. The van der Waals surface area contributed by atoms with Gasteiger partial charge in [-0.3, -0.25) is 4.79 Å². The topological polar surface area (TPSA) is 34.9 Å². The second kappa shape index (κ2) is 3.42. The van der Waals surface area contributed by atoms with E-state index in [-0.39, 0.29) is 11.8 Å². The zero-order chi connectivity index (χ0) is 10.1. The fourth-order valence-corrected chi connectivity index (χ4v) is 1.61. The molecular weight excluding hydrogens is 200 g/mol. The summed E-state index contributed by atoms with van der Waals surface area (Å²) in [6, 6.07) is 5.81. The van der Waals surface area contributed by atoms with E-state index in [1.807, 2.05) is 25.1 Å². The number of benzene rings is 1. The molecule has 0 unspecified atom stereocenters. The summed E-state index contributed by atoms with van der Waals surface area (Å²) in [5.74, 6) is -0.249. The molecular formula is C10H9ClN2O. The van der Waals surface area contributed by atoms with Crippen LogP contribution in [0.4, 0.5) is 0 Å². The molecule has 3 nitrogen and oxygen atoms in total. The van der Waals surface area contributed by atoms with Gasteiger partial charge in [0.25, 0.3) is 5.91 Å². The lowest BCUT2D eigenvalue weighted by Gasteiger charge is -2.01. The number of aromatic nitrogens is 2. The second-order valence-electron chi connectivity index (χ2n) is 3.10. The molecule has 0 aliphatic rings. The number of carbonyl (C=O) groups is 1. The molecule has 0 saturated carbocycles. The van der Waals surface area contributed by atoms with Crippen LogP contribution in [0.3, 0.4) is 0 Å². The molecule has 14 heavy (non-hydrogen) atoms. The van der Waals surface area contributed by atoms with E-state index in [2.05, 4.69) is 5.10 Å². The predicted molar refractivity (Wildman–Crippen MR) is 55.8 cm³/mol. The van der Waals surface area contributed by atoms with Gasteiger partial charge < -0.3 is 0 Å². The first kappa shape index (κ1) is 9.21. The normalized spacial score (nSPS) is 10.7. The highest BCUT2D eigenvalue weighted by atomic mass is 35.5. The third-order valence-corrected chi connectivity index (χ3v) is 2.37. The molecule has 0 saturated heterocycles. The maximum atomic E-state index is 11.4. The molecule has 0 aliphatic heterocycles. The average molecular weight is 209 g/mol. The van der Waals surface area contributed by atoms with Crippen LogP contribution >= 0.6 is 11.6 Å². The first-order valence-electron chi connectivity index (χ1n) is 4.26. The van der Waals surface area contributed by atoms with Gasteiger partial charge in [-0.05, 0) is 12.5 Å². The van der Waals surface area contributed by atoms with Crippen LogP contribution in [0.5, 0.6) is 0 Å². The van der Waals surface area contributed by atoms with Crippen molar-refractivity contribution in [3.05, 3.63) is 30.0 Å². The maximum Gasteiger partial charge on any atom is 0.262 e. The highest BCUT2D eigenvalue weighted by molar-refractivity contribution is 6.27.